The first kappa shape index (κ1) is 29.5. The molecule has 0 saturated heterocycles. The molecule has 0 fully saturated rings. The van der Waals surface area contributed by atoms with E-state index in [2.05, 4.69) is 0 Å². The van der Waals surface area contributed by atoms with Crippen LogP contribution in [-0.2, 0) is 9.59 Å². The fourth-order valence-corrected chi connectivity index (χ4v) is 4.28. The lowest BCUT2D eigenvalue weighted by Crippen LogP contribution is -2.08. The summed E-state index contributed by atoms with van der Waals surface area (Å²) < 4.78 is 65.1. The monoisotopic (exact) mass is 564 g/mol. The van der Waals surface area contributed by atoms with Crippen LogP contribution in [0.15, 0.2) is 84.9 Å². The number of carbonyl (C=O) groups is 2. The highest BCUT2D eigenvalue weighted by molar-refractivity contribution is 5.74. The van der Waals surface area contributed by atoms with Crippen molar-refractivity contribution in [3.8, 4) is 33.8 Å². The number of ether oxygens (including phenoxy) is 2. The van der Waals surface area contributed by atoms with E-state index < -0.39 is 29.2 Å². The van der Waals surface area contributed by atoms with Crippen molar-refractivity contribution in [2.75, 3.05) is 0 Å². The molecule has 0 amide bonds. The second-order valence-corrected chi connectivity index (χ2v) is 9.50. The van der Waals surface area contributed by atoms with Gasteiger partial charge in [0.2, 0.25) is 0 Å². The van der Waals surface area contributed by atoms with Crippen LogP contribution in [0.4, 0.5) is 17.6 Å². The summed E-state index contributed by atoms with van der Waals surface area (Å²) in [4.78, 5) is 24.2. The van der Waals surface area contributed by atoms with E-state index in [0.717, 1.165) is 36.5 Å². The minimum absolute atomic E-state index is 0.0486. The van der Waals surface area contributed by atoms with Crippen molar-refractivity contribution in [3.05, 3.63) is 108 Å². The molecule has 4 rings (SSSR count). The molecule has 0 aliphatic rings. The van der Waals surface area contributed by atoms with Gasteiger partial charge < -0.3 is 9.47 Å². The van der Waals surface area contributed by atoms with Gasteiger partial charge in [-0.05, 0) is 65.9 Å². The molecule has 0 heterocycles. The Morgan fingerprint density at radius 3 is 1.61 bits per heavy atom. The molecule has 8 heteroatoms. The summed E-state index contributed by atoms with van der Waals surface area (Å²) in [6.07, 6.45) is 4.01. The Labute approximate surface area is 235 Å². The fraction of sp³-hybridized carbons (Fsp3) is 0.212. The predicted octanol–water partition coefficient (Wildman–Crippen LogP) is 8.82. The predicted molar refractivity (Wildman–Crippen MR) is 147 cm³/mol. The third-order valence-electron chi connectivity index (χ3n) is 6.42. The summed E-state index contributed by atoms with van der Waals surface area (Å²) in [5.41, 5.74) is 1.79. The second-order valence-electron chi connectivity index (χ2n) is 9.50. The number of esters is 2. The third-order valence-corrected chi connectivity index (χ3v) is 6.42. The summed E-state index contributed by atoms with van der Waals surface area (Å²) in [5, 5.41) is 0. The number of benzene rings is 4. The molecule has 4 aromatic rings. The lowest BCUT2D eigenvalue weighted by atomic mass is 10.0. The molecule has 212 valence electrons. The van der Waals surface area contributed by atoms with Gasteiger partial charge in [-0.2, -0.15) is 0 Å². The quantitative estimate of drug-likeness (QED) is 0.0567. The summed E-state index contributed by atoms with van der Waals surface area (Å²) in [7, 11) is 0. The van der Waals surface area contributed by atoms with Crippen molar-refractivity contribution >= 4 is 11.9 Å². The van der Waals surface area contributed by atoms with Crippen LogP contribution in [0.2, 0.25) is 0 Å². The van der Waals surface area contributed by atoms with Gasteiger partial charge in [0.1, 0.15) is 17.3 Å². The molecule has 0 bridgehead atoms. The molecular weight excluding hydrogens is 536 g/mol. The highest BCUT2D eigenvalue weighted by Crippen LogP contribution is 2.29. The second kappa shape index (κ2) is 14.3. The first-order valence-corrected chi connectivity index (χ1v) is 13.3. The Kier molecular flexibility index (Phi) is 10.3. The molecule has 0 aliphatic carbocycles. The van der Waals surface area contributed by atoms with Crippen molar-refractivity contribution in [2.24, 2.45) is 0 Å². The largest absolute Gasteiger partial charge is 0.427 e. The van der Waals surface area contributed by atoms with Crippen molar-refractivity contribution in [2.45, 2.75) is 44.9 Å². The Hall–Kier alpha value is -4.46. The number of halogens is 4. The van der Waals surface area contributed by atoms with Crippen LogP contribution in [0.3, 0.4) is 0 Å². The van der Waals surface area contributed by atoms with Gasteiger partial charge in [-0.15, -0.1) is 0 Å². The van der Waals surface area contributed by atoms with Crippen molar-refractivity contribution in [1.82, 2.24) is 0 Å². The average molecular weight is 565 g/mol. The van der Waals surface area contributed by atoms with E-state index in [1.807, 2.05) is 42.5 Å². The maximum absolute atomic E-state index is 14.5. The van der Waals surface area contributed by atoms with Crippen LogP contribution in [0, 0.1) is 23.3 Å². The molecule has 0 unspecified atom stereocenters. The molecular formula is C33H28F4O4. The van der Waals surface area contributed by atoms with Gasteiger partial charge in [0.15, 0.2) is 17.5 Å². The Bertz CT molecular complexity index is 1460. The van der Waals surface area contributed by atoms with Gasteiger partial charge >= 0.3 is 11.9 Å². The van der Waals surface area contributed by atoms with Crippen molar-refractivity contribution in [1.29, 1.82) is 0 Å². The molecule has 0 spiro atoms. The Morgan fingerprint density at radius 1 is 0.512 bits per heavy atom. The molecule has 0 saturated carbocycles. The van der Waals surface area contributed by atoms with Gasteiger partial charge in [-0.25, -0.2) is 17.6 Å². The number of unbranched alkanes of at least 4 members (excludes halogenated alkanes) is 4. The number of hydrogen-bond acceptors (Lipinski definition) is 4. The highest BCUT2D eigenvalue weighted by atomic mass is 19.2. The molecule has 0 aliphatic heterocycles. The molecule has 0 N–H and O–H groups in total. The van der Waals surface area contributed by atoms with Crippen LogP contribution in [-0.4, -0.2) is 11.9 Å². The van der Waals surface area contributed by atoms with Gasteiger partial charge in [0.05, 0.1) is 0 Å². The van der Waals surface area contributed by atoms with Crippen LogP contribution < -0.4 is 9.47 Å². The van der Waals surface area contributed by atoms with E-state index in [1.54, 1.807) is 12.1 Å². The van der Waals surface area contributed by atoms with E-state index in [9.17, 15) is 27.2 Å². The van der Waals surface area contributed by atoms with Crippen molar-refractivity contribution in [3.63, 3.8) is 0 Å². The van der Waals surface area contributed by atoms with Crippen LogP contribution >= 0.6 is 0 Å². The molecule has 41 heavy (non-hydrogen) atoms. The van der Waals surface area contributed by atoms with E-state index in [0.29, 0.717) is 37.1 Å². The first-order chi connectivity index (χ1) is 19.8. The minimum Gasteiger partial charge on any atom is -0.427 e. The Morgan fingerprint density at radius 2 is 1.02 bits per heavy atom. The fourth-order valence-electron chi connectivity index (χ4n) is 4.28. The van der Waals surface area contributed by atoms with Gasteiger partial charge in [-0.3, -0.25) is 9.59 Å². The minimum atomic E-state index is -1.64. The normalized spacial score (nSPS) is 10.8. The standard InChI is InChI=1S/C33H28F4O4/c34-28-21-26(17-18-27(28)24-19-29(35)33(37)30(36)20-24)41-32(39)12-8-3-1-2-7-11-31(38)40-25-15-13-23(14-16-25)22-9-5-4-6-10-22/h4-6,9-10,13-21H,1-3,7-8,11-12H2. The number of rotatable bonds is 12. The summed E-state index contributed by atoms with van der Waals surface area (Å²) in [6, 6.07) is 22.1. The molecule has 0 atom stereocenters. The van der Waals surface area contributed by atoms with E-state index in [1.165, 1.54) is 12.1 Å². The zero-order valence-corrected chi connectivity index (χ0v) is 22.2. The maximum Gasteiger partial charge on any atom is 0.311 e. The topological polar surface area (TPSA) is 52.6 Å². The van der Waals surface area contributed by atoms with Gasteiger partial charge in [-0.1, -0.05) is 61.7 Å². The van der Waals surface area contributed by atoms with Crippen LogP contribution in [0.5, 0.6) is 11.5 Å². The summed E-state index contributed by atoms with van der Waals surface area (Å²) in [5.74, 6) is -5.76. The molecule has 4 nitrogen and oxygen atoms in total. The Balaban J connectivity index is 1.11. The van der Waals surface area contributed by atoms with Crippen LogP contribution in [0.25, 0.3) is 22.3 Å². The highest BCUT2D eigenvalue weighted by Gasteiger charge is 2.15. The van der Waals surface area contributed by atoms with Gasteiger partial charge in [0, 0.05) is 24.5 Å². The zero-order valence-electron chi connectivity index (χ0n) is 22.2. The molecule has 4 aromatic carbocycles. The summed E-state index contributed by atoms with van der Waals surface area (Å²) >= 11 is 0. The lowest BCUT2D eigenvalue weighted by molar-refractivity contribution is -0.135. The summed E-state index contributed by atoms with van der Waals surface area (Å²) in [6.45, 7) is 0. The molecule has 0 aromatic heterocycles. The SMILES string of the molecule is O=C(CCCCCCCC(=O)Oc1ccc(-c2cc(F)c(F)c(F)c2)c(F)c1)Oc1ccc(-c2ccccc2)cc1. The third kappa shape index (κ3) is 8.51. The number of carbonyl (C=O) groups excluding carboxylic acids is 2. The average Bonchev–Trinajstić information content (AvgIpc) is 2.96. The number of hydrogen-bond donors (Lipinski definition) is 0. The maximum atomic E-state index is 14.5. The van der Waals surface area contributed by atoms with Gasteiger partial charge in [0.25, 0.3) is 0 Å². The first-order valence-electron chi connectivity index (χ1n) is 13.3. The van der Waals surface area contributed by atoms with E-state index in [-0.39, 0.29) is 29.3 Å². The lowest BCUT2D eigenvalue weighted by Gasteiger charge is -2.08. The van der Waals surface area contributed by atoms with Crippen molar-refractivity contribution < 1.29 is 36.6 Å². The van der Waals surface area contributed by atoms with E-state index >= 15 is 0 Å². The molecule has 0 radical (unpaired) electrons. The van der Waals surface area contributed by atoms with Crippen LogP contribution in [0.1, 0.15) is 44.9 Å². The van der Waals surface area contributed by atoms with E-state index in [4.69, 9.17) is 9.47 Å². The smallest absolute Gasteiger partial charge is 0.311 e. The zero-order chi connectivity index (χ0) is 29.2.